The highest BCUT2D eigenvalue weighted by Gasteiger charge is 2.21. The molecule has 0 fully saturated rings. The topological polar surface area (TPSA) is 66.8 Å². The zero-order valence-corrected chi connectivity index (χ0v) is 9.77. The van der Waals surface area contributed by atoms with Crippen molar-refractivity contribution >= 4 is 11.9 Å². The smallest absolute Gasteiger partial charge is 0.387 e. The van der Waals surface area contributed by atoms with Gasteiger partial charge in [-0.25, -0.2) is 4.39 Å². The summed E-state index contributed by atoms with van der Waals surface area (Å²) in [6.45, 7) is -3.84. The number of hydrogen-bond donors (Lipinski definition) is 1. The molecule has 0 bridgehead atoms. The Bertz CT molecular complexity index is 493. The monoisotopic (exact) mass is 277 g/mol. The molecule has 19 heavy (non-hydrogen) atoms. The van der Waals surface area contributed by atoms with Gasteiger partial charge in [0.05, 0.1) is 5.56 Å². The molecule has 1 aromatic rings. The fraction of sp³-hybridized carbons (Fsp3) is 0.273. The molecule has 0 aliphatic carbocycles. The molecule has 0 spiro atoms. The van der Waals surface area contributed by atoms with Crippen molar-refractivity contribution < 1.29 is 32.6 Å². The van der Waals surface area contributed by atoms with Gasteiger partial charge in [-0.2, -0.15) is 8.78 Å². The Kier molecular flexibility index (Phi) is 4.74. The average Bonchev–Trinajstić information content (AvgIpc) is 2.26. The third-order valence-corrected chi connectivity index (χ3v) is 2.11. The molecule has 1 aromatic carbocycles. The lowest BCUT2D eigenvalue weighted by Crippen LogP contribution is -2.32. The largest absolute Gasteiger partial charge is 0.480 e. The number of nitrogens with zero attached hydrogens (tertiary/aromatic N) is 1. The first-order valence-electron chi connectivity index (χ1n) is 5.03. The molecular weight excluding hydrogens is 267 g/mol. The Morgan fingerprint density at radius 2 is 2.05 bits per heavy atom. The number of likely N-dealkylation sites (N-methyl/N-ethyl adjacent to an activating group) is 1. The number of ether oxygens (including phenoxy) is 1. The summed E-state index contributed by atoms with van der Waals surface area (Å²) in [7, 11) is 1.17. The summed E-state index contributed by atoms with van der Waals surface area (Å²) >= 11 is 0. The van der Waals surface area contributed by atoms with E-state index in [0.717, 1.165) is 17.0 Å². The first-order chi connectivity index (χ1) is 8.81. The predicted molar refractivity (Wildman–Crippen MR) is 57.6 cm³/mol. The highest BCUT2D eigenvalue weighted by atomic mass is 19.3. The zero-order valence-electron chi connectivity index (χ0n) is 9.77. The first-order valence-corrected chi connectivity index (χ1v) is 5.03. The molecule has 0 aliphatic rings. The summed E-state index contributed by atoms with van der Waals surface area (Å²) in [4.78, 5) is 23.1. The van der Waals surface area contributed by atoms with Crippen LogP contribution in [0.2, 0.25) is 0 Å². The van der Waals surface area contributed by atoms with Crippen molar-refractivity contribution in [2.45, 2.75) is 6.61 Å². The number of amides is 1. The van der Waals surface area contributed by atoms with Gasteiger partial charge in [-0.05, 0) is 12.1 Å². The number of benzene rings is 1. The number of halogens is 3. The van der Waals surface area contributed by atoms with Crippen LogP contribution in [0, 0.1) is 5.82 Å². The summed E-state index contributed by atoms with van der Waals surface area (Å²) < 4.78 is 41.2. The fourth-order valence-corrected chi connectivity index (χ4v) is 1.35. The zero-order chi connectivity index (χ0) is 14.6. The molecule has 1 amide bonds. The predicted octanol–water partition coefficient (Wildman–Crippen LogP) is 1.58. The van der Waals surface area contributed by atoms with E-state index in [0.29, 0.717) is 6.07 Å². The van der Waals surface area contributed by atoms with Gasteiger partial charge in [0.2, 0.25) is 0 Å². The molecule has 0 saturated carbocycles. The maximum Gasteiger partial charge on any atom is 0.387 e. The summed E-state index contributed by atoms with van der Waals surface area (Å²) in [5, 5.41) is 8.53. The molecule has 0 radical (unpaired) electrons. The standard InChI is InChI=1S/C11H10F3NO4/c1-15(5-9(16)17)10(18)7-3-2-6(12)4-8(7)19-11(13)14/h2-4,11H,5H2,1H3,(H,16,17). The summed E-state index contributed by atoms with van der Waals surface area (Å²) in [5.74, 6) is -3.63. The molecule has 0 atom stereocenters. The van der Waals surface area contributed by atoms with E-state index in [4.69, 9.17) is 5.11 Å². The van der Waals surface area contributed by atoms with Crippen molar-refractivity contribution in [1.29, 1.82) is 0 Å². The Morgan fingerprint density at radius 1 is 1.42 bits per heavy atom. The van der Waals surface area contributed by atoms with Crippen LogP contribution in [0.15, 0.2) is 18.2 Å². The van der Waals surface area contributed by atoms with Gasteiger partial charge in [0.1, 0.15) is 18.1 Å². The number of rotatable bonds is 5. The van der Waals surface area contributed by atoms with Crippen LogP contribution in [-0.2, 0) is 4.79 Å². The van der Waals surface area contributed by atoms with Gasteiger partial charge in [-0.3, -0.25) is 9.59 Å². The molecule has 0 saturated heterocycles. The molecule has 0 aromatic heterocycles. The minimum atomic E-state index is -3.22. The second-order valence-corrected chi connectivity index (χ2v) is 3.57. The molecule has 5 nitrogen and oxygen atoms in total. The molecule has 104 valence electrons. The molecule has 1 rings (SSSR count). The number of hydrogen-bond acceptors (Lipinski definition) is 3. The quantitative estimate of drug-likeness (QED) is 0.887. The van der Waals surface area contributed by atoms with E-state index in [1.807, 2.05) is 0 Å². The third kappa shape index (κ3) is 4.16. The Balaban J connectivity index is 3.04. The Morgan fingerprint density at radius 3 is 2.58 bits per heavy atom. The highest BCUT2D eigenvalue weighted by Crippen LogP contribution is 2.23. The fourth-order valence-electron chi connectivity index (χ4n) is 1.35. The number of carboxylic acids is 1. The molecule has 0 heterocycles. The van der Waals surface area contributed by atoms with E-state index in [1.165, 1.54) is 7.05 Å². The summed E-state index contributed by atoms with van der Waals surface area (Å²) in [6, 6.07) is 2.47. The normalized spacial score (nSPS) is 10.4. The van der Waals surface area contributed by atoms with Gasteiger partial charge < -0.3 is 14.7 Å². The van der Waals surface area contributed by atoms with Gasteiger partial charge in [-0.1, -0.05) is 0 Å². The van der Waals surface area contributed by atoms with Crippen LogP contribution in [0.1, 0.15) is 10.4 Å². The van der Waals surface area contributed by atoms with Gasteiger partial charge >= 0.3 is 12.6 Å². The van der Waals surface area contributed by atoms with E-state index < -0.39 is 36.6 Å². The van der Waals surface area contributed by atoms with Crippen LogP contribution in [0.5, 0.6) is 5.75 Å². The Labute approximate surface area is 106 Å². The van der Waals surface area contributed by atoms with Crippen molar-refractivity contribution in [2.24, 2.45) is 0 Å². The van der Waals surface area contributed by atoms with Gasteiger partial charge in [0.15, 0.2) is 0 Å². The van der Waals surface area contributed by atoms with Gasteiger partial charge in [0.25, 0.3) is 5.91 Å². The van der Waals surface area contributed by atoms with E-state index in [9.17, 15) is 22.8 Å². The summed E-state index contributed by atoms with van der Waals surface area (Å²) in [6.07, 6.45) is 0. The first kappa shape index (κ1) is 14.8. The Hall–Kier alpha value is -2.25. The number of carbonyl (C=O) groups excluding carboxylic acids is 1. The lowest BCUT2D eigenvalue weighted by molar-refractivity contribution is -0.137. The van der Waals surface area contributed by atoms with Crippen LogP contribution >= 0.6 is 0 Å². The number of alkyl halides is 2. The highest BCUT2D eigenvalue weighted by molar-refractivity contribution is 5.98. The maximum atomic E-state index is 12.9. The van der Waals surface area contributed by atoms with Gasteiger partial charge in [-0.15, -0.1) is 0 Å². The van der Waals surface area contributed by atoms with Crippen molar-refractivity contribution in [3.63, 3.8) is 0 Å². The van der Waals surface area contributed by atoms with Crippen molar-refractivity contribution in [3.8, 4) is 5.75 Å². The van der Waals surface area contributed by atoms with E-state index >= 15 is 0 Å². The van der Waals surface area contributed by atoms with Crippen LogP contribution in [0.3, 0.4) is 0 Å². The van der Waals surface area contributed by atoms with Crippen molar-refractivity contribution in [1.82, 2.24) is 4.90 Å². The second kappa shape index (κ2) is 6.07. The van der Waals surface area contributed by atoms with Crippen molar-refractivity contribution in [3.05, 3.63) is 29.6 Å². The maximum absolute atomic E-state index is 12.9. The van der Waals surface area contributed by atoms with E-state index in [2.05, 4.69) is 4.74 Å². The lowest BCUT2D eigenvalue weighted by atomic mass is 10.1. The molecule has 1 N–H and O–H groups in total. The van der Waals surface area contributed by atoms with Crippen LogP contribution in [0.4, 0.5) is 13.2 Å². The average molecular weight is 277 g/mol. The van der Waals surface area contributed by atoms with Gasteiger partial charge in [0, 0.05) is 13.1 Å². The second-order valence-electron chi connectivity index (χ2n) is 3.57. The lowest BCUT2D eigenvalue weighted by Gasteiger charge is -2.17. The number of carbonyl (C=O) groups is 2. The summed E-state index contributed by atoms with van der Waals surface area (Å²) in [5.41, 5.74) is -0.342. The molecule has 8 heteroatoms. The van der Waals surface area contributed by atoms with Crippen molar-refractivity contribution in [2.75, 3.05) is 13.6 Å². The molecule has 0 unspecified atom stereocenters. The molecular formula is C11H10F3NO4. The number of aliphatic carboxylic acids is 1. The SMILES string of the molecule is CN(CC(=O)O)C(=O)c1ccc(F)cc1OC(F)F. The van der Waals surface area contributed by atoms with E-state index in [-0.39, 0.29) is 5.56 Å². The van der Waals surface area contributed by atoms with Crippen LogP contribution < -0.4 is 4.74 Å². The van der Waals surface area contributed by atoms with Crippen LogP contribution in [-0.4, -0.2) is 42.1 Å². The third-order valence-electron chi connectivity index (χ3n) is 2.11. The van der Waals surface area contributed by atoms with Crippen LogP contribution in [0.25, 0.3) is 0 Å². The minimum absolute atomic E-state index is 0.342. The number of carboxylic acid groups (broad SMARTS) is 1. The van der Waals surface area contributed by atoms with E-state index in [1.54, 1.807) is 0 Å². The molecule has 0 aliphatic heterocycles. The minimum Gasteiger partial charge on any atom is -0.480 e.